The molecule has 0 radical (unpaired) electrons. The highest BCUT2D eigenvalue weighted by molar-refractivity contribution is 7.10. The number of nitrogens with one attached hydrogen (secondary N) is 1. The summed E-state index contributed by atoms with van der Waals surface area (Å²) < 4.78 is 5.39. The third kappa shape index (κ3) is 4.68. The average molecular weight is 501 g/mol. The van der Waals surface area contributed by atoms with Crippen molar-refractivity contribution >= 4 is 28.8 Å². The van der Waals surface area contributed by atoms with Crippen LogP contribution in [0.15, 0.2) is 58.4 Å². The van der Waals surface area contributed by atoms with Crippen LogP contribution in [0.2, 0.25) is 0 Å². The number of likely N-dealkylation sites (tertiary alicyclic amines) is 1. The minimum absolute atomic E-state index is 0.0567. The van der Waals surface area contributed by atoms with E-state index >= 15 is 0 Å². The predicted molar refractivity (Wildman–Crippen MR) is 141 cm³/mol. The van der Waals surface area contributed by atoms with Crippen molar-refractivity contribution in [1.82, 2.24) is 15.0 Å². The number of anilines is 1. The number of rotatable bonds is 5. The monoisotopic (exact) mass is 500 g/mol. The van der Waals surface area contributed by atoms with Gasteiger partial charge in [-0.1, -0.05) is 47.6 Å². The number of aromatic nitrogens is 2. The number of carbonyl (C=O) groups is 2. The molecule has 0 atom stereocenters. The number of hydrogen-bond donors (Lipinski definition) is 1. The molecular weight excluding hydrogens is 472 g/mol. The number of aryl methyl sites for hydroxylation is 2. The van der Waals surface area contributed by atoms with Gasteiger partial charge in [0.15, 0.2) is 0 Å². The summed E-state index contributed by atoms with van der Waals surface area (Å²) in [6.45, 7) is 7.03. The van der Waals surface area contributed by atoms with Crippen molar-refractivity contribution in [2.75, 3.05) is 18.4 Å². The van der Waals surface area contributed by atoms with Gasteiger partial charge in [0, 0.05) is 35.6 Å². The van der Waals surface area contributed by atoms with Crippen molar-refractivity contribution in [3.63, 3.8) is 0 Å². The quantitative estimate of drug-likeness (QED) is 0.363. The van der Waals surface area contributed by atoms with E-state index in [2.05, 4.69) is 15.5 Å². The second-order valence-electron chi connectivity index (χ2n) is 9.17. The molecule has 1 saturated heterocycles. The molecule has 1 aliphatic rings. The molecule has 0 bridgehead atoms. The van der Waals surface area contributed by atoms with Gasteiger partial charge in [-0.2, -0.15) is 0 Å². The highest BCUT2D eigenvalue weighted by Crippen LogP contribution is 2.33. The first kappa shape index (κ1) is 23.9. The fourth-order valence-corrected chi connectivity index (χ4v) is 5.53. The molecule has 184 valence electrons. The van der Waals surface area contributed by atoms with Gasteiger partial charge in [0.2, 0.25) is 0 Å². The van der Waals surface area contributed by atoms with Crippen LogP contribution < -0.4 is 5.32 Å². The molecule has 1 aliphatic heterocycles. The maximum absolute atomic E-state index is 13.4. The summed E-state index contributed by atoms with van der Waals surface area (Å²) in [6.07, 6.45) is 1.59. The highest BCUT2D eigenvalue weighted by atomic mass is 32.1. The van der Waals surface area contributed by atoms with Crippen molar-refractivity contribution in [3.8, 4) is 11.3 Å². The summed E-state index contributed by atoms with van der Waals surface area (Å²) in [5.41, 5.74) is 5.39. The number of benzene rings is 2. The molecule has 2 aromatic heterocycles. The van der Waals surface area contributed by atoms with Crippen molar-refractivity contribution < 1.29 is 14.1 Å². The minimum Gasteiger partial charge on any atom is -0.360 e. The molecule has 0 unspecified atom stereocenters. The SMILES string of the molecule is Cc1cccc(NC(=O)c2csc(C3CCN(C(=O)c4c(-c5ccccc5)noc4C)CC3)n2)c1C. The van der Waals surface area contributed by atoms with Gasteiger partial charge in [-0.25, -0.2) is 4.98 Å². The van der Waals surface area contributed by atoms with E-state index in [0.29, 0.717) is 35.8 Å². The summed E-state index contributed by atoms with van der Waals surface area (Å²) >= 11 is 1.51. The zero-order chi connectivity index (χ0) is 25.2. The summed E-state index contributed by atoms with van der Waals surface area (Å²) in [7, 11) is 0. The topological polar surface area (TPSA) is 88.3 Å². The summed E-state index contributed by atoms with van der Waals surface area (Å²) in [5, 5.41) is 9.90. The Balaban J connectivity index is 1.24. The number of hydrogen-bond acceptors (Lipinski definition) is 6. The minimum atomic E-state index is -0.199. The number of carbonyl (C=O) groups excluding carboxylic acids is 2. The van der Waals surface area contributed by atoms with Gasteiger partial charge in [0.25, 0.3) is 11.8 Å². The molecule has 8 heteroatoms. The zero-order valence-corrected chi connectivity index (χ0v) is 21.4. The Labute approximate surface area is 214 Å². The summed E-state index contributed by atoms with van der Waals surface area (Å²) in [5.74, 6) is 0.493. The smallest absolute Gasteiger partial charge is 0.275 e. The predicted octanol–water partition coefficient (Wildman–Crippen LogP) is 6.00. The molecule has 2 amide bonds. The van der Waals surface area contributed by atoms with Crippen molar-refractivity contribution in [2.45, 2.75) is 39.5 Å². The fourth-order valence-electron chi connectivity index (χ4n) is 4.56. The molecule has 4 aromatic rings. The van der Waals surface area contributed by atoms with Crippen LogP contribution in [0.1, 0.15) is 61.5 Å². The Morgan fingerprint density at radius 1 is 1.03 bits per heavy atom. The third-order valence-corrected chi connectivity index (χ3v) is 7.87. The number of nitrogens with zero attached hydrogens (tertiary/aromatic N) is 3. The first-order chi connectivity index (χ1) is 17.4. The lowest BCUT2D eigenvalue weighted by molar-refractivity contribution is 0.0711. The summed E-state index contributed by atoms with van der Waals surface area (Å²) in [4.78, 5) is 32.7. The van der Waals surface area contributed by atoms with Crippen LogP contribution in [0.3, 0.4) is 0 Å². The van der Waals surface area contributed by atoms with Gasteiger partial charge in [-0.3, -0.25) is 9.59 Å². The number of amides is 2. The molecule has 7 nitrogen and oxygen atoms in total. The van der Waals surface area contributed by atoms with Crippen LogP contribution >= 0.6 is 11.3 Å². The van der Waals surface area contributed by atoms with Crippen LogP contribution in [0.5, 0.6) is 0 Å². The largest absolute Gasteiger partial charge is 0.360 e. The maximum Gasteiger partial charge on any atom is 0.275 e. The fraction of sp³-hybridized carbons (Fsp3) is 0.286. The molecule has 3 heterocycles. The molecule has 36 heavy (non-hydrogen) atoms. The molecule has 1 fully saturated rings. The lowest BCUT2D eigenvalue weighted by Gasteiger charge is -2.31. The molecule has 1 N–H and O–H groups in total. The van der Waals surface area contributed by atoms with Crippen molar-refractivity contribution in [2.24, 2.45) is 0 Å². The van der Waals surface area contributed by atoms with E-state index in [1.54, 1.807) is 6.92 Å². The molecular formula is C28H28N4O3S. The highest BCUT2D eigenvalue weighted by Gasteiger charge is 2.31. The lowest BCUT2D eigenvalue weighted by Crippen LogP contribution is -2.38. The van der Waals surface area contributed by atoms with Crippen molar-refractivity contribution in [1.29, 1.82) is 0 Å². The molecule has 2 aromatic carbocycles. The normalized spacial score (nSPS) is 14.1. The zero-order valence-electron chi connectivity index (χ0n) is 20.6. The Morgan fingerprint density at radius 2 is 1.78 bits per heavy atom. The van der Waals surface area contributed by atoms with Crippen LogP contribution in [0.4, 0.5) is 5.69 Å². The maximum atomic E-state index is 13.4. The van der Waals surface area contributed by atoms with Gasteiger partial charge in [0.05, 0.1) is 5.01 Å². The van der Waals surface area contributed by atoms with E-state index in [9.17, 15) is 9.59 Å². The van der Waals surface area contributed by atoms with E-state index in [1.807, 2.05) is 72.7 Å². The van der Waals surface area contributed by atoms with Crippen molar-refractivity contribution in [3.05, 3.63) is 87.1 Å². The Kier molecular flexibility index (Phi) is 6.69. The van der Waals surface area contributed by atoms with Gasteiger partial charge >= 0.3 is 0 Å². The summed E-state index contributed by atoms with van der Waals surface area (Å²) in [6, 6.07) is 15.5. The number of piperidine rings is 1. The average Bonchev–Trinajstić information content (AvgIpc) is 3.54. The Hall–Kier alpha value is -3.78. The van der Waals surface area contributed by atoms with E-state index in [0.717, 1.165) is 40.2 Å². The van der Waals surface area contributed by atoms with E-state index in [1.165, 1.54) is 11.3 Å². The first-order valence-electron chi connectivity index (χ1n) is 12.1. The second kappa shape index (κ2) is 10.1. The van der Waals surface area contributed by atoms with E-state index < -0.39 is 0 Å². The van der Waals surface area contributed by atoms with Crippen LogP contribution in [-0.2, 0) is 0 Å². The molecule has 0 aliphatic carbocycles. The first-order valence-corrected chi connectivity index (χ1v) is 12.9. The molecule has 0 spiro atoms. The van der Waals surface area contributed by atoms with Gasteiger partial charge in [-0.15, -0.1) is 11.3 Å². The standard InChI is InChI=1S/C28H28N4O3S/c1-17-8-7-11-22(18(17)2)29-26(33)23-16-36-27(30-23)21-12-14-32(15-13-21)28(34)24-19(3)35-31-25(24)20-9-5-4-6-10-20/h4-11,16,21H,12-15H2,1-3H3,(H,29,33). The van der Waals surface area contributed by atoms with Gasteiger partial charge in [-0.05, 0) is 50.8 Å². The van der Waals surface area contributed by atoms with Crippen LogP contribution in [0.25, 0.3) is 11.3 Å². The number of thiazole rings is 1. The van der Waals surface area contributed by atoms with E-state index in [4.69, 9.17) is 4.52 Å². The van der Waals surface area contributed by atoms with Gasteiger partial charge in [0.1, 0.15) is 22.7 Å². The van der Waals surface area contributed by atoms with E-state index in [-0.39, 0.29) is 17.7 Å². The van der Waals surface area contributed by atoms with Crippen LogP contribution in [-0.4, -0.2) is 39.9 Å². The lowest BCUT2D eigenvalue weighted by atomic mass is 9.96. The Bertz CT molecular complexity index is 1400. The molecule has 5 rings (SSSR count). The third-order valence-electron chi connectivity index (χ3n) is 6.86. The second-order valence-corrected chi connectivity index (χ2v) is 10.1. The molecule has 0 saturated carbocycles. The Morgan fingerprint density at radius 3 is 2.53 bits per heavy atom. The van der Waals surface area contributed by atoms with Gasteiger partial charge < -0.3 is 14.7 Å². The van der Waals surface area contributed by atoms with Crippen LogP contribution in [0, 0.1) is 20.8 Å².